The summed E-state index contributed by atoms with van der Waals surface area (Å²) >= 11 is 3.50. The predicted molar refractivity (Wildman–Crippen MR) is 126 cm³/mol. The summed E-state index contributed by atoms with van der Waals surface area (Å²) in [6.45, 7) is 6.02. The van der Waals surface area contributed by atoms with E-state index in [0.29, 0.717) is 12.8 Å². The Bertz CT molecular complexity index is 1280. The van der Waals surface area contributed by atoms with Crippen LogP contribution in [0, 0.1) is 13.8 Å². The van der Waals surface area contributed by atoms with Crippen molar-refractivity contribution < 1.29 is 9.53 Å². The summed E-state index contributed by atoms with van der Waals surface area (Å²) in [5.41, 5.74) is 5.83. The van der Waals surface area contributed by atoms with Crippen molar-refractivity contribution in [2.75, 3.05) is 7.11 Å². The van der Waals surface area contributed by atoms with Gasteiger partial charge in [0.05, 0.1) is 23.1 Å². The van der Waals surface area contributed by atoms with Gasteiger partial charge in [0.25, 0.3) is 0 Å². The number of hydrogen-bond donors (Lipinski definition) is 1. The van der Waals surface area contributed by atoms with Crippen LogP contribution in [0.15, 0.2) is 46.9 Å². The molecule has 0 aliphatic rings. The van der Waals surface area contributed by atoms with E-state index in [1.807, 2.05) is 67.8 Å². The van der Waals surface area contributed by atoms with Crippen LogP contribution in [0.3, 0.4) is 0 Å². The Labute approximate surface area is 189 Å². The maximum Gasteiger partial charge on any atom is 0.220 e. The Balaban J connectivity index is 1.49. The fourth-order valence-corrected chi connectivity index (χ4v) is 4.48. The van der Waals surface area contributed by atoms with Gasteiger partial charge in [0.1, 0.15) is 5.75 Å². The van der Waals surface area contributed by atoms with Crippen LogP contribution in [0.1, 0.15) is 41.9 Å². The van der Waals surface area contributed by atoms with E-state index >= 15 is 0 Å². The molecule has 1 unspecified atom stereocenters. The molecule has 0 fully saturated rings. The van der Waals surface area contributed by atoms with E-state index in [2.05, 4.69) is 21.2 Å². The van der Waals surface area contributed by atoms with Crippen LogP contribution in [0.4, 0.5) is 0 Å². The van der Waals surface area contributed by atoms with Crippen LogP contribution < -0.4 is 10.1 Å². The number of aromatic nitrogens is 3. The maximum atomic E-state index is 12.6. The van der Waals surface area contributed by atoms with Gasteiger partial charge in [-0.05, 0) is 78.5 Å². The van der Waals surface area contributed by atoms with Crippen molar-refractivity contribution in [3.63, 3.8) is 0 Å². The van der Waals surface area contributed by atoms with Crippen LogP contribution in [0.5, 0.6) is 5.75 Å². The van der Waals surface area contributed by atoms with Crippen molar-refractivity contribution in [2.45, 2.75) is 39.7 Å². The number of methoxy groups -OCH3 is 1. The molecule has 0 aliphatic carbocycles. The molecular formula is C24H25BrN4O2. The summed E-state index contributed by atoms with van der Waals surface area (Å²) in [6.07, 6.45) is 0.999. The number of hydrogen-bond acceptors (Lipinski definition) is 4. The smallest absolute Gasteiger partial charge is 0.220 e. The molecule has 2 aromatic heterocycles. The van der Waals surface area contributed by atoms with Gasteiger partial charge in [-0.2, -0.15) is 5.10 Å². The zero-order valence-corrected chi connectivity index (χ0v) is 19.7. The fraction of sp³-hybridized carbons (Fsp3) is 0.292. The largest absolute Gasteiger partial charge is 0.496 e. The molecule has 0 spiro atoms. The van der Waals surface area contributed by atoms with Crippen LogP contribution >= 0.6 is 15.9 Å². The highest BCUT2D eigenvalue weighted by atomic mass is 79.9. The monoisotopic (exact) mass is 480 g/mol. The van der Waals surface area contributed by atoms with E-state index in [-0.39, 0.29) is 11.9 Å². The van der Waals surface area contributed by atoms with Gasteiger partial charge >= 0.3 is 0 Å². The summed E-state index contributed by atoms with van der Waals surface area (Å²) in [7, 11) is 1.63. The number of carbonyl (C=O) groups is 1. The highest BCUT2D eigenvalue weighted by Gasteiger charge is 2.16. The summed E-state index contributed by atoms with van der Waals surface area (Å²) < 4.78 is 8.03. The first-order chi connectivity index (χ1) is 14.9. The Morgan fingerprint density at radius 3 is 2.74 bits per heavy atom. The van der Waals surface area contributed by atoms with Crippen LogP contribution in [0.2, 0.25) is 0 Å². The maximum absolute atomic E-state index is 12.6. The van der Waals surface area contributed by atoms with Crippen molar-refractivity contribution in [3.8, 4) is 5.75 Å². The van der Waals surface area contributed by atoms with Gasteiger partial charge in [0.15, 0.2) is 5.65 Å². The Kier molecular flexibility index (Phi) is 5.96. The highest BCUT2D eigenvalue weighted by Crippen LogP contribution is 2.28. The van der Waals surface area contributed by atoms with Crippen molar-refractivity contribution >= 4 is 38.4 Å². The molecule has 7 heteroatoms. The number of ether oxygens (including phenoxy) is 1. The zero-order valence-electron chi connectivity index (χ0n) is 18.1. The lowest BCUT2D eigenvalue weighted by molar-refractivity contribution is -0.121. The third-order valence-corrected chi connectivity index (χ3v) is 6.29. The van der Waals surface area contributed by atoms with Gasteiger partial charge in [0.2, 0.25) is 5.91 Å². The first-order valence-electron chi connectivity index (χ1n) is 10.3. The van der Waals surface area contributed by atoms with E-state index in [1.54, 1.807) is 7.11 Å². The number of fused-ring (bicyclic) bond motifs is 3. The van der Waals surface area contributed by atoms with Gasteiger partial charge in [-0.1, -0.05) is 18.2 Å². The van der Waals surface area contributed by atoms with E-state index < -0.39 is 0 Å². The van der Waals surface area contributed by atoms with Crippen LogP contribution in [-0.2, 0) is 11.2 Å². The molecule has 4 rings (SSSR count). The summed E-state index contributed by atoms with van der Waals surface area (Å²) in [4.78, 5) is 17.4. The molecule has 6 nitrogen and oxygen atoms in total. The number of nitrogens with zero attached hydrogens (tertiary/aromatic N) is 3. The Morgan fingerprint density at radius 2 is 2.00 bits per heavy atom. The lowest BCUT2D eigenvalue weighted by Crippen LogP contribution is -2.27. The molecule has 0 bridgehead atoms. The van der Waals surface area contributed by atoms with E-state index in [0.717, 1.165) is 49.3 Å². The Morgan fingerprint density at radius 1 is 1.23 bits per heavy atom. The lowest BCUT2D eigenvalue weighted by Gasteiger charge is -2.16. The second-order valence-corrected chi connectivity index (χ2v) is 8.55. The molecule has 0 aliphatic heterocycles. The third-order valence-electron chi connectivity index (χ3n) is 5.67. The first-order valence-corrected chi connectivity index (χ1v) is 11.0. The minimum absolute atomic E-state index is 0.00367. The molecule has 2 aromatic carbocycles. The normalized spacial score (nSPS) is 12.3. The summed E-state index contributed by atoms with van der Waals surface area (Å²) in [5, 5.41) is 8.82. The highest BCUT2D eigenvalue weighted by molar-refractivity contribution is 9.10. The molecule has 160 valence electrons. The van der Waals surface area contributed by atoms with Crippen molar-refractivity contribution in [3.05, 3.63) is 69.5 Å². The van der Waals surface area contributed by atoms with Crippen molar-refractivity contribution in [1.29, 1.82) is 0 Å². The number of carbonyl (C=O) groups excluding carboxylic acids is 1. The minimum atomic E-state index is -0.103. The van der Waals surface area contributed by atoms with E-state index in [1.165, 1.54) is 0 Å². The quantitative estimate of drug-likeness (QED) is 0.417. The van der Waals surface area contributed by atoms with Crippen molar-refractivity contribution in [2.24, 2.45) is 0 Å². The zero-order chi connectivity index (χ0) is 22.1. The van der Waals surface area contributed by atoms with Crippen LogP contribution in [-0.4, -0.2) is 27.6 Å². The summed E-state index contributed by atoms with van der Waals surface area (Å²) in [5.74, 6) is 0.770. The third kappa shape index (κ3) is 4.14. The average molecular weight is 481 g/mol. The topological polar surface area (TPSA) is 68.5 Å². The molecule has 4 aromatic rings. The molecule has 0 saturated heterocycles. The lowest BCUT2D eigenvalue weighted by atomic mass is 10.0. The number of benzene rings is 2. The molecule has 0 radical (unpaired) electrons. The number of nitrogens with one attached hydrogen (secondary N) is 1. The number of halogens is 1. The van der Waals surface area contributed by atoms with Crippen molar-refractivity contribution in [1.82, 2.24) is 19.9 Å². The fourth-order valence-electron chi connectivity index (χ4n) is 3.93. The second kappa shape index (κ2) is 8.67. The Hall–Kier alpha value is -2.93. The molecule has 2 heterocycles. The number of aryl methyl sites for hydroxylation is 2. The predicted octanol–water partition coefficient (Wildman–Crippen LogP) is 5.08. The van der Waals surface area contributed by atoms with Gasteiger partial charge < -0.3 is 10.1 Å². The standard InChI is InChI=1S/C24H25BrN4O2/c1-14(17-9-11-22(31-4)20(25)13-17)26-23(30)12-10-18-15(2)27-24-19-7-5-6-8-21(19)28-29(24)16(18)3/h5-9,11,13-14H,10,12H2,1-4H3,(H,26,30). The van der Waals surface area contributed by atoms with Gasteiger partial charge in [0, 0.05) is 23.2 Å². The molecule has 0 saturated carbocycles. The minimum Gasteiger partial charge on any atom is -0.496 e. The first kappa shape index (κ1) is 21.3. The molecular weight excluding hydrogens is 456 g/mol. The molecule has 1 amide bonds. The van der Waals surface area contributed by atoms with E-state index in [9.17, 15) is 4.79 Å². The number of amides is 1. The SMILES string of the molecule is COc1ccc(C(C)NC(=O)CCc2c(C)nc3c4ccccc4nn3c2C)cc1Br. The molecule has 31 heavy (non-hydrogen) atoms. The second-order valence-electron chi connectivity index (χ2n) is 7.70. The summed E-state index contributed by atoms with van der Waals surface area (Å²) in [6, 6.07) is 13.7. The molecule has 1 N–H and O–H groups in total. The molecule has 1 atom stereocenters. The van der Waals surface area contributed by atoms with E-state index in [4.69, 9.17) is 14.8 Å². The van der Waals surface area contributed by atoms with Gasteiger partial charge in [-0.25, -0.2) is 9.50 Å². The van der Waals surface area contributed by atoms with Gasteiger partial charge in [-0.15, -0.1) is 0 Å². The van der Waals surface area contributed by atoms with Crippen LogP contribution in [0.25, 0.3) is 16.6 Å². The average Bonchev–Trinajstić information content (AvgIpc) is 3.12. The number of rotatable bonds is 6. The van der Waals surface area contributed by atoms with Gasteiger partial charge in [-0.3, -0.25) is 4.79 Å².